The van der Waals surface area contributed by atoms with Gasteiger partial charge in [-0.15, -0.1) is 0 Å². The Kier molecular flexibility index (Phi) is 923. The first kappa shape index (κ1) is 92.5. The molecule has 0 aromatic carbocycles. The Morgan fingerprint density at radius 1 is 1.00 bits per heavy atom. The molecule has 0 saturated heterocycles. The van der Waals surface area contributed by atoms with Crippen LogP contribution in [-0.4, -0.2) is 5.48 Å². The minimum Gasteiger partial charge on any atom is -2.00 e. The van der Waals surface area contributed by atoms with Gasteiger partial charge in [0.15, 0.2) is 0 Å². The van der Waals surface area contributed by atoms with E-state index in [1.807, 2.05) is 0 Å². The summed E-state index contributed by atoms with van der Waals surface area (Å²) in [7, 11) is 0. The summed E-state index contributed by atoms with van der Waals surface area (Å²) in [6, 6.07) is 0. The molecule has 0 bridgehead atoms. The fraction of sp³-hybridized carbons (Fsp3) is 0. The first-order valence-electron chi connectivity index (χ1n) is 0. The van der Waals surface area contributed by atoms with Gasteiger partial charge in [0.25, 0.3) is 0 Å². The summed E-state index contributed by atoms with van der Waals surface area (Å²) in [5.74, 6) is 0. The molecule has 0 saturated carbocycles. The van der Waals surface area contributed by atoms with E-state index >= 15 is 0 Å². The second kappa shape index (κ2) is 59.9. The Balaban J connectivity index is 0. The van der Waals surface area contributed by atoms with Crippen LogP contribution >= 0.6 is 0 Å². The van der Waals surface area contributed by atoms with E-state index in [4.69, 9.17) is 0 Å². The Morgan fingerprint density at radius 2 is 1.00 bits per heavy atom. The topological polar surface area (TPSA) is 58.5 Å². The van der Waals surface area contributed by atoms with E-state index in [0.29, 0.717) is 0 Å². The van der Waals surface area contributed by atoms with E-state index in [-0.39, 0.29) is 81.6 Å². The molecule has 2 nitrogen and oxygen atoms in total. The maximum Gasteiger partial charge on any atom is 3.00 e. The van der Waals surface area contributed by atoms with Crippen molar-refractivity contribution in [3.05, 3.63) is 0 Å². The van der Waals surface area contributed by atoms with Crippen LogP contribution in [0.2, 0.25) is 0 Å². The third kappa shape index (κ3) is 36.0. The van der Waals surface area contributed by atoms with Gasteiger partial charge in [-0.1, -0.05) is 0 Å². The van der Waals surface area contributed by atoms with E-state index < -0.39 is 0 Å². The van der Waals surface area contributed by atoms with Crippen LogP contribution in [0.4, 0.5) is 0 Å². The standard InChI is InChI=1S/Co.Cr.Fe.H2O.O.Zn/h;;;1H2;;/q+2;+3;+2;;-2;+2/p-1. The van der Waals surface area contributed by atoms with Crippen molar-refractivity contribution in [2.24, 2.45) is 0 Å². The monoisotopic (exact) mass is 264 g/mol. The average molecular weight is 265 g/mol. The largest absolute Gasteiger partial charge is 3.00 e. The summed E-state index contributed by atoms with van der Waals surface area (Å²) < 4.78 is 0. The molecule has 0 spiro atoms. The summed E-state index contributed by atoms with van der Waals surface area (Å²) in [5, 5.41) is 0. The molecule has 0 atom stereocenters. The molecule has 0 rings (SSSR count). The Morgan fingerprint density at radius 3 is 1.00 bits per heavy atom. The predicted molar refractivity (Wildman–Crippen MR) is 2.62 cm³/mol. The summed E-state index contributed by atoms with van der Waals surface area (Å²) in [5.41, 5.74) is 0. The van der Waals surface area contributed by atoms with Crippen LogP contribution in [0.5, 0.6) is 0 Å². The quantitative estimate of drug-likeness (QED) is 0.554. The smallest absolute Gasteiger partial charge is 2.00 e. The first-order valence-corrected chi connectivity index (χ1v) is 0. The molecule has 0 fully saturated rings. The molecule has 6 heteroatoms. The van der Waals surface area contributed by atoms with Gasteiger partial charge in [0.05, 0.1) is 0 Å². The Bertz CT molecular complexity index is 13.5. The van der Waals surface area contributed by atoms with Crippen molar-refractivity contribution in [1.82, 2.24) is 0 Å². The van der Waals surface area contributed by atoms with E-state index in [0.717, 1.165) is 0 Å². The normalized spacial score (nSPS) is 0. The second-order valence-corrected chi connectivity index (χ2v) is 0. The van der Waals surface area contributed by atoms with E-state index in [1.54, 1.807) is 0 Å². The fourth-order valence-electron chi connectivity index (χ4n) is 0. The van der Waals surface area contributed by atoms with Crippen molar-refractivity contribution < 1.29 is 81.6 Å². The summed E-state index contributed by atoms with van der Waals surface area (Å²) in [4.78, 5) is 0. The molecular formula is HCoCrFeO2Zn+6. The summed E-state index contributed by atoms with van der Waals surface area (Å²) in [6.45, 7) is 0. The molecule has 0 aliphatic carbocycles. The Labute approximate surface area is 81.0 Å². The van der Waals surface area contributed by atoms with Gasteiger partial charge >= 0.3 is 70.7 Å². The molecule has 0 aromatic rings. The molecule has 0 amide bonds. The van der Waals surface area contributed by atoms with Crippen LogP contribution in [0.1, 0.15) is 0 Å². The van der Waals surface area contributed by atoms with E-state index in [9.17, 15) is 0 Å². The summed E-state index contributed by atoms with van der Waals surface area (Å²) in [6.07, 6.45) is 0. The van der Waals surface area contributed by atoms with Gasteiger partial charge in [-0.3, -0.25) is 0 Å². The molecule has 0 unspecified atom stereocenters. The zero-order valence-electron chi connectivity index (χ0n) is 2.66. The van der Waals surface area contributed by atoms with Crippen molar-refractivity contribution in [3.8, 4) is 0 Å². The van der Waals surface area contributed by atoms with Crippen molar-refractivity contribution in [3.63, 3.8) is 0 Å². The maximum absolute atomic E-state index is 0. The third-order valence-corrected chi connectivity index (χ3v) is 0. The summed E-state index contributed by atoms with van der Waals surface area (Å²) >= 11 is 0. The maximum atomic E-state index is 0. The number of hydrogen-bond donors (Lipinski definition) is 0. The minimum atomic E-state index is 0. The third-order valence-electron chi connectivity index (χ3n) is 0. The second-order valence-electron chi connectivity index (χ2n) is 0. The SMILES string of the molecule is [Co+2].[Cr+3].[Fe+2].[O-2].[OH-].[Zn+2]. The first-order chi connectivity index (χ1) is 0. The van der Waals surface area contributed by atoms with Crippen LogP contribution in [0.3, 0.4) is 0 Å². The average Bonchev–Trinajstić information content (AvgIpc) is 0. The van der Waals surface area contributed by atoms with Crippen molar-refractivity contribution in [2.75, 3.05) is 0 Å². The molecule has 0 aromatic heterocycles. The van der Waals surface area contributed by atoms with Crippen molar-refractivity contribution >= 4 is 0 Å². The van der Waals surface area contributed by atoms with Crippen LogP contribution in [0.25, 0.3) is 0 Å². The molecule has 6 heavy (non-hydrogen) atoms. The van der Waals surface area contributed by atoms with Gasteiger partial charge in [0, 0.05) is 0 Å². The Hall–Kier alpha value is 2.10. The molecule has 2 radical (unpaired) electrons. The van der Waals surface area contributed by atoms with Gasteiger partial charge in [-0.05, 0) is 0 Å². The van der Waals surface area contributed by atoms with Crippen molar-refractivity contribution in [2.45, 2.75) is 0 Å². The van der Waals surface area contributed by atoms with Gasteiger partial charge in [-0.25, -0.2) is 0 Å². The van der Waals surface area contributed by atoms with Crippen LogP contribution in [0.15, 0.2) is 0 Å². The number of hydrogen-bond acceptors (Lipinski definition) is 1. The van der Waals surface area contributed by atoms with Gasteiger partial charge < -0.3 is 11.0 Å². The number of rotatable bonds is 0. The zero-order chi connectivity index (χ0) is 0. The molecular weight excluding hydrogens is 264 g/mol. The minimum absolute atomic E-state index is 0. The van der Waals surface area contributed by atoms with E-state index in [2.05, 4.69) is 0 Å². The van der Waals surface area contributed by atoms with Crippen LogP contribution in [-0.2, 0) is 76.2 Å². The van der Waals surface area contributed by atoms with Gasteiger partial charge in [0.2, 0.25) is 0 Å². The van der Waals surface area contributed by atoms with Crippen molar-refractivity contribution in [1.29, 1.82) is 0 Å². The predicted octanol–water partition coefficient (Wildman–Crippen LogP) is -0.306. The van der Waals surface area contributed by atoms with Gasteiger partial charge in [0.1, 0.15) is 0 Å². The molecule has 32 valence electrons. The molecule has 0 aliphatic rings. The van der Waals surface area contributed by atoms with E-state index in [1.165, 1.54) is 0 Å². The fourth-order valence-corrected chi connectivity index (χ4v) is 0. The molecule has 1 N–H and O–H groups in total. The van der Waals surface area contributed by atoms with Gasteiger partial charge in [-0.2, -0.15) is 0 Å². The molecule has 0 aliphatic heterocycles. The van der Waals surface area contributed by atoms with Crippen LogP contribution < -0.4 is 0 Å². The zero-order valence-corrected chi connectivity index (χ0v) is 9.05. The van der Waals surface area contributed by atoms with Crippen LogP contribution in [0, 0.1) is 0 Å². The molecule has 0 heterocycles.